The van der Waals surface area contributed by atoms with Crippen LogP contribution in [0.4, 0.5) is 0 Å². The fourth-order valence-electron chi connectivity index (χ4n) is 6.07. The lowest BCUT2D eigenvalue weighted by molar-refractivity contribution is 0.111. The highest BCUT2D eigenvalue weighted by atomic mass is 35.5. The Balaban J connectivity index is 1.98. The van der Waals surface area contributed by atoms with E-state index in [1.54, 1.807) is 0 Å². The van der Waals surface area contributed by atoms with E-state index in [1.807, 2.05) is 25.3 Å². The highest BCUT2D eigenvalue weighted by Gasteiger charge is 2.25. The van der Waals surface area contributed by atoms with E-state index in [0.717, 1.165) is 93.8 Å². The van der Waals surface area contributed by atoms with Gasteiger partial charge in [-0.25, -0.2) is 0 Å². The topological polar surface area (TPSA) is 46.1 Å². The molecule has 0 aliphatic carbocycles. The van der Waals surface area contributed by atoms with Crippen LogP contribution in [0.15, 0.2) is 87.6 Å². The van der Waals surface area contributed by atoms with Gasteiger partial charge in [0, 0.05) is 92.8 Å². The van der Waals surface area contributed by atoms with Crippen molar-refractivity contribution in [2.45, 2.75) is 78.3 Å². The lowest BCUT2D eigenvalue weighted by Crippen LogP contribution is -2.52. The summed E-state index contributed by atoms with van der Waals surface area (Å²) in [7, 11) is 1.92. The van der Waals surface area contributed by atoms with Crippen molar-refractivity contribution in [1.82, 2.24) is 25.3 Å². The van der Waals surface area contributed by atoms with Crippen LogP contribution in [0.5, 0.6) is 0 Å². The third-order valence-electron chi connectivity index (χ3n) is 8.76. The minimum absolute atomic E-state index is 0.251. The van der Waals surface area contributed by atoms with Gasteiger partial charge < -0.3 is 15.5 Å². The number of nitrogens with zero attached hydrogens (tertiary/aromatic N) is 4. The van der Waals surface area contributed by atoms with Gasteiger partial charge in [-0.05, 0) is 77.1 Å². The molecule has 2 aliphatic heterocycles. The van der Waals surface area contributed by atoms with Gasteiger partial charge in [0.05, 0.1) is 0 Å². The minimum Gasteiger partial charge on any atom is -0.388 e. The Morgan fingerprint density at radius 2 is 1.76 bits per heavy atom. The highest BCUT2D eigenvalue weighted by Crippen LogP contribution is 2.21. The van der Waals surface area contributed by atoms with Crippen LogP contribution in [0, 0.1) is 0 Å². The third-order valence-corrected chi connectivity index (χ3v) is 9.17. The third kappa shape index (κ3) is 14.5. The van der Waals surface area contributed by atoms with E-state index in [4.69, 9.17) is 28.2 Å². The first-order chi connectivity index (χ1) is 21.7. The van der Waals surface area contributed by atoms with Crippen LogP contribution in [0.3, 0.4) is 0 Å². The summed E-state index contributed by atoms with van der Waals surface area (Å²) in [5.41, 5.74) is 3.18. The first kappa shape index (κ1) is 39.1. The summed E-state index contributed by atoms with van der Waals surface area (Å²) in [6, 6.07) is 0.942. The summed E-state index contributed by atoms with van der Waals surface area (Å²) in [5.74, 6) is 0.940. The Hall–Kier alpha value is -2.09. The number of piperazine rings is 1. The van der Waals surface area contributed by atoms with Crippen molar-refractivity contribution in [2.24, 2.45) is 4.99 Å². The second-order valence-corrected chi connectivity index (χ2v) is 12.8. The number of nitrogens with one attached hydrogen (secondary N) is 2. The van der Waals surface area contributed by atoms with E-state index in [1.165, 1.54) is 31.4 Å². The van der Waals surface area contributed by atoms with Gasteiger partial charge in [0.25, 0.3) is 0 Å². The molecule has 2 N–H and O–H groups in total. The van der Waals surface area contributed by atoms with Crippen molar-refractivity contribution < 1.29 is 0 Å². The van der Waals surface area contributed by atoms with Crippen molar-refractivity contribution in [3.63, 3.8) is 0 Å². The van der Waals surface area contributed by atoms with Gasteiger partial charge in [-0.1, -0.05) is 80.1 Å². The minimum atomic E-state index is 0.251. The van der Waals surface area contributed by atoms with E-state index in [0.29, 0.717) is 11.1 Å². The summed E-state index contributed by atoms with van der Waals surface area (Å²) in [6.07, 6.45) is 21.4. The molecule has 0 bridgehead atoms. The summed E-state index contributed by atoms with van der Waals surface area (Å²) in [5, 5.41) is 8.20. The molecule has 0 aromatic rings. The molecule has 0 radical (unpaired) electrons. The number of piperidine rings is 1. The quantitative estimate of drug-likeness (QED) is 0.0686. The summed E-state index contributed by atoms with van der Waals surface area (Å²) >= 11 is 12.4. The molecule has 8 heteroatoms. The lowest BCUT2D eigenvalue weighted by Gasteiger charge is -2.39. The number of aliphatic imine (C=N–C) groups is 1. The molecule has 2 unspecified atom stereocenters. The van der Waals surface area contributed by atoms with E-state index in [-0.39, 0.29) is 6.04 Å². The SMILES string of the molecule is C=C(Cl)/C=C\C(=CC)C(C/C=C\C(Cl)=C/CC)N1CCN(CCNC(=NCCCN2CCCCC2C)/C(=C/C)C(=C)NC)CC1. The second kappa shape index (κ2) is 22.4. The van der Waals surface area contributed by atoms with Crippen LogP contribution in [0.25, 0.3) is 0 Å². The summed E-state index contributed by atoms with van der Waals surface area (Å²) in [4.78, 5) is 12.8. The highest BCUT2D eigenvalue weighted by molar-refractivity contribution is 6.31. The summed E-state index contributed by atoms with van der Waals surface area (Å²) < 4.78 is 0. The molecule has 2 fully saturated rings. The molecule has 6 nitrogen and oxygen atoms in total. The number of hydrogen-bond acceptors (Lipinski definition) is 5. The molecule has 45 heavy (non-hydrogen) atoms. The van der Waals surface area contributed by atoms with Gasteiger partial charge in [-0.3, -0.25) is 14.8 Å². The first-order valence-electron chi connectivity index (χ1n) is 17.0. The van der Waals surface area contributed by atoms with Crippen molar-refractivity contribution >= 4 is 29.0 Å². The Kier molecular flexibility index (Phi) is 19.5. The maximum atomic E-state index is 6.35. The van der Waals surface area contributed by atoms with Crippen LogP contribution in [-0.2, 0) is 0 Å². The number of amidine groups is 1. The first-order valence-corrected chi connectivity index (χ1v) is 17.7. The van der Waals surface area contributed by atoms with E-state index in [9.17, 15) is 0 Å². The van der Waals surface area contributed by atoms with Crippen molar-refractivity contribution in [2.75, 3.05) is 66.0 Å². The van der Waals surface area contributed by atoms with Crippen molar-refractivity contribution in [1.29, 1.82) is 0 Å². The Bertz CT molecular complexity index is 1090. The van der Waals surface area contributed by atoms with Gasteiger partial charge in [0.15, 0.2) is 0 Å². The number of hydrogen-bond donors (Lipinski definition) is 2. The Labute approximate surface area is 285 Å². The molecule has 0 aromatic carbocycles. The van der Waals surface area contributed by atoms with E-state index in [2.05, 4.69) is 90.5 Å². The zero-order valence-electron chi connectivity index (χ0n) is 28.8. The molecular weight excluding hydrogens is 599 g/mol. The summed E-state index contributed by atoms with van der Waals surface area (Å²) in [6.45, 7) is 25.6. The lowest BCUT2D eigenvalue weighted by atomic mass is 9.99. The van der Waals surface area contributed by atoms with Crippen LogP contribution in [-0.4, -0.2) is 98.6 Å². The van der Waals surface area contributed by atoms with Gasteiger partial charge >= 0.3 is 0 Å². The Morgan fingerprint density at radius 3 is 2.38 bits per heavy atom. The Morgan fingerprint density at radius 1 is 1.00 bits per heavy atom. The van der Waals surface area contributed by atoms with Crippen LogP contribution < -0.4 is 10.6 Å². The molecule has 0 aromatic heterocycles. The van der Waals surface area contributed by atoms with Gasteiger partial charge in [-0.2, -0.15) is 0 Å². The van der Waals surface area contributed by atoms with Crippen LogP contribution in [0.1, 0.15) is 66.2 Å². The molecule has 0 amide bonds. The maximum absolute atomic E-state index is 6.35. The van der Waals surface area contributed by atoms with E-state index < -0.39 is 0 Å². The number of likely N-dealkylation sites (N-methyl/N-ethyl adjacent to an activating group) is 1. The monoisotopic (exact) mass is 658 g/mol. The zero-order valence-corrected chi connectivity index (χ0v) is 30.3. The predicted molar refractivity (Wildman–Crippen MR) is 199 cm³/mol. The van der Waals surface area contributed by atoms with Gasteiger partial charge in [0.1, 0.15) is 5.84 Å². The fraction of sp³-hybridized carbons (Fsp3) is 0.595. The number of allylic oxidation sites excluding steroid dienone is 7. The molecule has 2 rings (SSSR count). The van der Waals surface area contributed by atoms with Crippen molar-refractivity contribution in [3.05, 3.63) is 82.6 Å². The van der Waals surface area contributed by atoms with Gasteiger partial charge in [-0.15, -0.1) is 0 Å². The molecule has 252 valence electrons. The van der Waals surface area contributed by atoms with Crippen LogP contribution >= 0.6 is 23.2 Å². The standard InChI is InChI=1S/C37H60Cl2N6/c1-8-15-34(39)17-13-18-36(33(9-2)20-19-30(4)38)45-28-26-43(27-29-45)25-22-42-37(35(10-3)32(6)40-7)41-21-14-24-44-23-12-11-16-31(44)5/h9-10,13,15,17,19-20,31,36,40H,4,6,8,11-12,14,16,18,21-29H2,1-3,5,7H3,(H,41,42)/b17-13-,20-19-,33-9?,34-15+,35-10+. The number of likely N-dealkylation sites (tertiary alicyclic amines) is 1. The average molecular weight is 660 g/mol. The number of halogens is 2. The molecular formula is C37H60Cl2N6. The zero-order chi connectivity index (χ0) is 33.0. The molecule has 2 aliphatic rings. The molecule has 0 spiro atoms. The molecule has 2 heterocycles. The van der Waals surface area contributed by atoms with E-state index >= 15 is 0 Å². The normalized spacial score (nSPS) is 21.1. The fourth-order valence-corrected chi connectivity index (χ4v) is 6.37. The van der Waals surface area contributed by atoms with Crippen molar-refractivity contribution in [3.8, 4) is 0 Å². The molecule has 2 saturated heterocycles. The number of rotatable bonds is 18. The predicted octanol–water partition coefficient (Wildman–Crippen LogP) is 7.64. The smallest absolute Gasteiger partial charge is 0.130 e. The van der Waals surface area contributed by atoms with Crippen LogP contribution in [0.2, 0.25) is 0 Å². The average Bonchev–Trinajstić information content (AvgIpc) is 3.03. The van der Waals surface area contributed by atoms with Gasteiger partial charge in [0.2, 0.25) is 0 Å². The largest absolute Gasteiger partial charge is 0.388 e. The molecule has 0 saturated carbocycles. The molecule has 2 atom stereocenters. The maximum Gasteiger partial charge on any atom is 0.130 e. The second-order valence-electron chi connectivity index (χ2n) is 11.9.